The first-order chi connectivity index (χ1) is 13.8. The fourth-order valence-corrected chi connectivity index (χ4v) is 5.13. The number of ether oxygens (including phenoxy) is 1. The Labute approximate surface area is 176 Å². The Balaban J connectivity index is 1.52. The standard InChI is InChI=1S/C23H28N2O3S/c1-14-11-16-13-25(20-6-5-18(29-20)22(27)28-4)10-7-17(16)15(2)21(14)24-19(26)12-23(3)8-9-23/h5-6,11H,7-10,12-13H2,1-4H3,(H,24,26). The number of nitrogens with one attached hydrogen (secondary N) is 1. The highest BCUT2D eigenvalue weighted by Gasteiger charge is 2.39. The van der Waals surface area contributed by atoms with E-state index in [1.54, 1.807) is 0 Å². The van der Waals surface area contributed by atoms with Gasteiger partial charge in [0.2, 0.25) is 5.91 Å². The normalized spacial score (nSPS) is 16.9. The molecular formula is C23H28N2O3S. The number of methoxy groups -OCH3 is 1. The predicted molar refractivity (Wildman–Crippen MR) is 117 cm³/mol. The van der Waals surface area contributed by atoms with Crippen LogP contribution >= 0.6 is 11.3 Å². The van der Waals surface area contributed by atoms with Crippen LogP contribution in [0.4, 0.5) is 10.7 Å². The number of benzene rings is 1. The number of anilines is 2. The molecule has 1 saturated carbocycles. The van der Waals surface area contributed by atoms with Crippen molar-refractivity contribution in [2.75, 3.05) is 23.9 Å². The topological polar surface area (TPSA) is 58.6 Å². The van der Waals surface area contributed by atoms with Crippen LogP contribution in [0.15, 0.2) is 18.2 Å². The molecule has 1 aliphatic carbocycles. The van der Waals surface area contributed by atoms with Crippen molar-refractivity contribution in [2.45, 2.75) is 53.0 Å². The van der Waals surface area contributed by atoms with Gasteiger partial charge in [-0.05, 0) is 72.9 Å². The van der Waals surface area contributed by atoms with E-state index in [9.17, 15) is 9.59 Å². The molecule has 0 unspecified atom stereocenters. The second-order valence-electron chi connectivity index (χ2n) is 8.67. The summed E-state index contributed by atoms with van der Waals surface area (Å²) >= 11 is 1.47. The summed E-state index contributed by atoms with van der Waals surface area (Å²) in [6, 6.07) is 6.03. The summed E-state index contributed by atoms with van der Waals surface area (Å²) in [5.74, 6) is -0.159. The first kappa shape index (κ1) is 20.0. The third-order valence-electron chi connectivity index (χ3n) is 6.24. The molecule has 0 bridgehead atoms. The molecule has 2 heterocycles. The lowest BCUT2D eigenvalue weighted by Crippen LogP contribution is -2.30. The second-order valence-corrected chi connectivity index (χ2v) is 9.73. The maximum absolute atomic E-state index is 12.5. The van der Waals surface area contributed by atoms with E-state index in [4.69, 9.17) is 4.74 Å². The molecule has 0 saturated heterocycles. The van der Waals surface area contributed by atoms with E-state index < -0.39 is 0 Å². The van der Waals surface area contributed by atoms with Gasteiger partial charge in [-0.15, -0.1) is 11.3 Å². The highest BCUT2D eigenvalue weighted by Crippen LogP contribution is 2.48. The van der Waals surface area contributed by atoms with Gasteiger partial charge in [-0.1, -0.05) is 13.0 Å². The van der Waals surface area contributed by atoms with E-state index in [0.29, 0.717) is 11.3 Å². The van der Waals surface area contributed by atoms with Gasteiger partial charge in [0.15, 0.2) is 0 Å². The van der Waals surface area contributed by atoms with Crippen LogP contribution in [0.3, 0.4) is 0 Å². The fraction of sp³-hybridized carbons (Fsp3) is 0.478. The smallest absolute Gasteiger partial charge is 0.348 e. The third kappa shape index (κ3) is 4.04. The molecule has 0 spiro atoms. The number of aryl methyl sites for hydroxylation is 1. The van der Waals surface area contributed by atoms with Crippen molar-refractivity contribution in [3.8, 4) is 0 Å². The minimum atomic E-state index is -0.286. The molecule has 1 amide bonds. The Kier molecular flexibility index (Phi) is 5.15. The van der Waals surface area contributed by atoms with Gasteiger partial charge in [-0.3, -0.25) is 4.79 Å². The SMILES string of the molecule is COC(=O)c1ccc(N2CCc3c(cc(C)c(NC(=O)CC4(C)CC4)c3C)C2)s1. The molecule has 1 aromatic heterocycles. The Morgan fingerprint density at radius 2 is 2.03 bits per heavy atom. The molecular weight excluding hydrogens is 384 g/mol. The molecule has 29 heavy (non-hydrogen) atoms. The zero-order chi connectivity index (χ0) is 20.8. The van der Waals surface area contributed by atoms with E-state index in [1.165, 1.54) is 35.1 Å². The fourth-order valence-electron chi connectivity index (χ4n) is 4.18. The van der Waals surface area contributed by atoms with E-state index in [0.717, 1.165) is 48.6 Å². The van der Waals surface area contributed by atoms with Crippen LogP contribution in [0.5, 0.6) is 0 Å². The number of hydrogen-bond acceptors (Lipinski definition) is 5. The molecule has 5 nitrogen and oxygen atoms in total. The van der Waals surface area contributed by atoms with Gasteiger partial charge in [-0.25, -0.2) is 4.79 Å². The molecule has 2 aromatic rings. The van der Waals surface area contributed by atoms with Crippen molar-refractivity contribution >= 4 is 33.9 Å². The summed E-state index contributed by atoms with van der Waals surface area (Å²) in [4.78, 5) is 27.2. The average molecular weight is 413 g/mol. The number of esters is 1. The monoisotopic (exact) mass is 412 g/mol. The Bertz CT molecular complexity index is 975. The van der Waals surface area contributed by atoms with Crippen LogP contribution in [0.2, 0.25) is 0 Å². The number of hydrogen-bond donors (Lipinski definition) is 1. The van der Waals surface area contributed by atoms with Crippen molar-refractivity contribution in [3.05, 3.63) is 45.3 Å². The van der Waals surface area contributed by atoms with Gasteiger partial charge in [0.05, 0.1) is 12.1 Å². The molecule has 1 aromatic carbocycles. The third-order valence-corrected chi connectivity index (χ3v) is 7.36. The summed E-state index contributed by atoms with van der Waals surface area (Å²) in [7, 11) is 1.41. The number of carbonyl (C=O) groups is 2. The minimum absolute atomic E-state index is 0.127. The lowest BCUT2D eigenvalue weighted by molar-refractivity contribution is -0.117. The quantitative estimate of drug-likeness (QED) is 0.714. The van der Waals surface area contributed by atoms with Crippen LogP contribution in [0, 0.1) is 19.3 Å². The molecule has 4 rings (SSSR count). The minimum Gasteiger partial charge on any atom is -0.465 e. The van der Waals surface area contributed by atoms with E-state index in [2.05, 4.69) is 37.1 Å². The molecule has 0 radical (unpaired) electrons. The number of thiophene rings is 1. The summed E-state index contributed by atoms with van der Waals surface area (Å²) in [6.07, 6.45) is 3.84. The number of rotatable bonds is 5. The maximum Gasteiger partial charge on any atom is 0.348 e. The largest absolute Gasteiger partial charge is 0.465 e. The highest BCUT2D eigenvalue weighted by atomic mass is 32.1. The van der Waals surface area contributed by atoms with Crippen LogP contribution in [-0.4, -0.2) is 25.5 Å². The molecule has 154 valence electrons. The van der Waals surface area contributed by atoms with Crippen LogP contribution in [0.1, 0.15) is 58.1 Å². The van der Waals surface area contributed by atoms with Crippen LogP contribution < -0.4 is 10.2 Å². The lowest BCUT2D eigenvalue weighted by atomic mass is 9.91. The molecule has 1 aliphatic heterocycles. The second kappa shape index (κ2) is 7.48. The molecule has 1 N–H and O–H groups in total. The average Bonchev–Trinajstić information content (AvgIpc) is 3.21. The first-order valence-corrected chi connectivity index (χ1v) is 11.0. The number of amides is 1. The van der Waals surface area contributed by atoms with Crippen molar-refractivity contribution < 1.29 is 14.3 Å². The van der Waals surface area contributed by atoms with E-state index in [-0.39, 0.29) is 17.3 Å². The van der Waals surface area contributed by atoms with Gasteiger partial charge in [-0.2, -0.15) is 0 Å². The van der Waals surface area contributed by atoms with Crippen LogP contribution in [0.25, 0.3) is 0 Å². The highest BCUT2D eigenvalue weighted by molar-refractivity contribution is 7.17. The lowest BCUT2D eigenvalue weighted by Gasteiger charge is -2.32. The maximum atomic E-state index is 12.5. The zero-order valence-electron chi connectivity index (χ0n) is 17.6. The van der Waals surface area contributed by atoms with Gasteiger partial charge in [0, 0.05) is 25.2 Å². The number of nitrogens with zero attached hydrogens (tertiary/aromatic N) is 1. The summed E-state index contributed by atoms with van der Waals surface area (Å²) in [5.41, 5.74) is 6.13. The van der Waals surface area contributed by atoms with Gasteiger partial charge in [0.1, 0.15) is 4.88 Å². The summed E-state index contributed by atoms with van der Waals surface area (Å²) in [5, 5.41) is 4.27. The molecule has 6 heteroatoms. The van der Waals surface area contributed by atoms with E-state index in [1.807, 2.05) is 12.1 Å². The number of carbonyl (C=O) groups excluding carboxylic acids is 2. The van der Waals surface area contributed by atoms with Crippen molar-refractivity contribution in [1.29, 1.82) is 0 Å². The molecule has 0 atom stereocenters. The van der Waals surface area contributed by atoms with Gasteiger partial charge < -0.3 is 15.0 Å². The van der Waals surface area contributed by atoms with E-state index >= 15 is 0 Å². The molecule has 2 aliphatic rings. The predicted octanol–water partition coefficient (Wildman–Crippen LogP) is 4.84. The summed E-state index contributed by atoms with van der Waals surface area (Å²) < 4.78 is 4.82. The Morgan fingerprint density at radius 3 is 2.72 bits per heavy atom. The van der Waals surface area contributed by atoms with Gasteiger partial charge >= 0.3 is 5.97 Å². The van der Waals surface area contributed by atoms with Crippen molar-refractivity contribution in [1.82, 2.24) is 0 Å². The summed E-state index contributed by atoms with van der Waals surface area (Å²) in [6.45, 7) is 8.08. The Morgan fingerprint density at radius 1 is 1.28 bits per heavy atom. The molecule has 1 fully saturated rings. The zero-order valence-corrected chi connectivity index (χ0v) is 18.4. The Hall–Kier alpha value is -2.34. The van der Waals surface area contributed by atoms with Gasteiger partial charge in [0.25, 0.3) is 0 Å². The van der Waals surface area contributed by atoms with Crippen molar-refractivity contribution in [2.24, 2.45) is 5.41 Å². The van der Waals surface area contributed by atoms with Crippen LogP contribution in [-0.2, 0) is 22.5 Å². The van der Waals surface area contributed by atoms with Crippen molar-refractivity contribution in [3.63, 3.8) is 0 Å². The number of fused-ring (bicyclic) bond motifs is 1. The first-order valence-electron chi connectivity index (χ1n) is 10.1.